The van der Waals surface area contributed by atoms with Gasteiger partial charge in [0, 0.05) is 6.54 Å². The number of carboxylic acids is 1. The molecule has 0 aliphatic carbocycles. The molecule has 3 fully saturated rings. The van der Waals surface area contributed by atoms with Gasteiger partial charge in [0.1, 0.15) is 54.9 Å². The van der Waals surface area contributed by atoms with Crippen LogP contribution in [0.2, 0.25) is 0 Å². The number of hydrogen-bond acceptors (Lipinski definition) is 13. The molecular weight excluding hydrogens is 426 g/mol. The average Bonchev–Trinajstić information content (AvgIpc) is 3.21. The molecule has 0 aromatic rings. The van der Waals surface area contributed by atoms with E-state index in [1.807, 2.05) is 0 Å². The van der Waals surface area contributed by atoms with Gasteiger partial charge in [0.05, 0.1) is 13.2 Å². The van der Waals surface area contributed by atoms with Crippen LogP contribution >= 0.6 is 0 Å². The second kappa shape index (κ2) is 10.3. The lowest BCUT2D eigenvalue weighted by atomic mass is 9.97. The van der Waals surface area contributed by atoms with E-state index in [2.05, 4.69) is 0 Å². The normalized spacial score (nSPS) is 46.9. The third kappa shape index (κ3) is 5.00. The third-order valence-corrected chi connectivity index (χ3v) is 5.69. The van der Waals surface area contributed by atoms with Crippen LogP contribution in [-0.4, -0.2) is 139 Å². The van der Waals surface area contributed by atoms with Crippen molar-refractivity contribution in [2.45, 2.75) is 80.3 Å². The first kappa shape index (κ1) is 24.6. The number of hydrogen-bond donors (Lipinski definition) is 8. The summed E-state index contributed by atoms with van der Waals surface area (Å²) in [5.41, 5.74) is 0. The number of aliphatic hydroxyl groups excluding tert-OH is 7. The average molecular weight is 455 g/mol. The minimum absolute atomic E-state index is 0.258. The molecule has 0 aromatic carbocycles. The largest absolute Gasteiger partial charge is 0.480 e. The van der Waals surface area contributed by atoms with E-state index >= 15 is 0 Å². The molecule has 0 amide bonds. The van der Waals surface area contributed by atoms with Crippen molar-refractivity contribution in [1.82, 2.24) is 5.06 Å². The Morgan fingerprint density at radius 1 is 0.871 bits per heavy atom. The van der Waals surface area contributed by atoms with E-state index in [0.29, 0.717) is 12.8 Å². The van der Waals surface area contributed by atoms with Crippen LogP contribution in [0.25, 0.3) is 0 Å². The first-order chi connectivity index (χ1) is 14.7. The molecule has 3 aliphatic heterocycles. The van der Waals surface area contributed by atoms with Crippen molar-refractivity contribution in [2.24, 2.45) is 0 Å². The van der Waals surface area contributed by atoms with E-state index in [0.717, 1.165) is 5.06 Å². The van der Waals surface area contributed by atoms with E-state index in [1.165, 1.54) is 0 Å². The highest BCUT2D eigenvalue weighted by Crippen LogP contribution is 2.31. The Hall–Kier alpha value is -1.01. The van der Waals surface area contributed by atoms with Gasteiger partial charge in [-0.1, -0.05) is 0 Å². The van der Waals surface area contributed by atoms with Gasteiger partial charge in [0.2, 0.25) is 6.29 Å². The van der Waals surface area contributed by atoms with E-state index in [-0.39, 0.29) is 6.54 Å². The molecule has 14 nitrogen and oxygen atoms in total. The summed E-state index contributed by atoms with van der Waals surface area (Å²) in [6.07, 6.45) is -14.9. The monoisotopic (exact) mass is 455 g/mol. The van der Waals surface area contributed by atoms with E-state index in [1.54, 1.807) is 0 Å². The molecule has 11 atom stereocenters. The Morgan fingerprint density at radius 2 is 1.48 bits per heavy atom. The number of carboxylic acid groups (broad SMARTS) is 1. The third-order valence-electron chi connectivity index (χ3n) is 5.69. The van der Waals surface area contributed by atoms with Crippen LogP contribution in [0.4, 0.5) is 0 Å². The Bertz CT molecular complexity index is 607. The zero-order chi connectivity index (χ0) is 22.9. The maximum Gasteiger partial charge on any atom is 0.323 e. The molecule has 8 N–H and O–H groups in total. The molecule has 3 rings (SSSR count). The quantitative estimate of drug-likeness (QED) is 0.180. The lowest BCUT2D eigenvalue weighted by molar-refractivity contribution is -0.387. The number of aliphatic carboxylic acids is 1. The van der Waals surface area contributed by atoms with Crippen LogP contribution < -0.4 is 0 Å². The molecule has 3 saturated heterocycles. The first-order valence-corrected chi connectivity index (χ1v) is 9.94. The Morgan fingerprint density at radius 3 is 2.10 bits per heavy atom. The minimum atomic E-state index is -1.77. The lowest BCUT2D eigenvalue weighted by Crippen LogP contribution is -2.65. The molecule has 3 aliphatic rings. The van der Waals surface area contributed by atoms with Gasteiger partial charge >= 0.3 is 5.97 Å². The highest BCUT2D eigenvalue weighted by atomic mass is 16.8. The van der Waals surface area contributed by atoms with Gasteiger partial charge in [-0.3, -0.25) is 9.63 Å². The van der Waals surface area contributed by atoms with E-state index in [9.17, 15) is 45.6 Å². The topological polar surface area (TPSA) is 219 Å². The fraction of sp³-hybridized carbons (Fsp3) is 0.941. The van der Waals surface area contributed by atoms with Crippen LogP contribution in [-0.2, 0) is 23.8 Å². The molecule has 180 valence electrons. The molecule has 31 heavy (non-hydrogen) atoms. The van der Waals surface area contributed by atoms with Crippen LogP contribution in [0.1, 0.15) is 12.8 Å². The first-order valence-electron chi connectivity index (χ1n) is 9.94. The van der Waals surface area contributed by atoms with E-state index in [4.69, 9.17) is 19.0 Å². The van der Waals surface area contributed by atoms with Crippen LogP contribution in [0.15, 0.2) is 0 Å². The van der Waals surface area contributed by atoms with Gasteiger partial charge in [-0.05, 0) is 12.8 Å². The smallest absolute Gasteiger partial charge is 0.323 e. The number of nitrogens with zero attached hydrogens (tertiary/aromatic N) is 1. The van der Waals surface area contributed by atoms with Crippen molar-refractivity contribution < 1.29 is 64.7 Å². The highest BCUT2D eigenvalue weighted by molar-refractivity contribution is 5.73. The summed E-state index contributed by atoms with van der Waals surface area (Å²) < 4.78 is 16.1. The van der Waals surface area contributed by atoms with Gasteiger partial charge < -0.3 is 55.1 Å². The van der Waals surface area contributed by atoms with Crippen molar-refractivity contribution in [1.29, 1.82) is 0 Å². The molecule has 0 spiro atoms. The molecule has 0 aromatic heterocycles. The number of hydroxylamine groups is 2. The second-order valence-corrected chi connectivity index (χ2v) is 7.75. The summed E-state index contributed by atoms with van der Waals surface area (Å²) in [6.45, 7) is -1.15. The van der Waals surface area contributed by atoms with Crippen LogP contribution in [0, 0.1) is 0 Å². The second-order valence-electron chi connectivity index (χ2n) is 7.75. The number of carbonyl (C=O) groups is 1. The summed E-state index contributed by atoms with van der Waals surface area (Å²) in [6, 6.07) is -0.955. The Balaban J connectivity index is 1.68. The molecular formula is C17H29NO13. The fourth-order valence-corrected chi connectivity index (χ4v) is 3.89. The molecule has 0 saturated carbocycles. The van der Waals surface area contributed by atoms with Crippen molar-refractivity contribution in [3.8, 4) is 0 Å². The van der Waals surface area contributed by atoms with Crippen molar-refractivity contribution in [3.63, 3.8) is 0 Å². The van der Waals surface area contributed by atoms with Gasteiger partial charge in [0.25, 0.3) is 0 Å². The van der Waals surface area contributed by atoms with Gasteiger partial charge in [-0.25, -0.2) is 0 Å². The predicted molar refractivity (Wildman–Crippen MR) is 94.8 cm³/mol. The Kier molecular flexibility index (Phi) is 8.17. The summed E-state index contributed by atoms with van der Waals surface area (Å²) >= 11 is 0. The van der Waals surface area contributed by atoms with Crippen LogP contribution in [0.3, 0.4) is 0 Å². The van der Waals surface area contributed by atoms with Crippen molar-refractivity contribution in [3.05, 3.63) is 0 Å². The van der Waals surface area contributed by atoms with Gasteiger partial charge in [0.15, 0.2) is 6.29 Å². The summed E-state index contributed by atoms with van der Waals surface area (Å²) in [4.78, 5) is 16.7. The summed E-state index contributed by atoms with van der Waals surface area (Å²) in [5, 5.41) is 80.1. The maximum absolute atomic E-state index is 11.3. The predicted octanol–water partition coefficient (Wildman–Crippen LogP) is -4.91. The maximum atomic E-state index is 11.3. The summed E-state index contributed by atoms with van der Waals surface area (Å²) in [5.74, 6) is -1.12. The number of ether oxygens (including phenoxy) is 3. The fourth-order valence-electron chi connectivity index (χ4n) is 3.89. The zero-order valence-corrected chi connectivity index (χ0v) is 16.5. The SMILES string of the molecule is O=C(O)[C@@H]1CCCN1OC1O[C@H](CO)[C@@H](O[C@@H]2O[C@H](CO)[C@H](O)[C@H](O)[C@H]2O)[C@H](O)[C@H]1O. The Labute approximate surface area is 176 Å². The minimum Gasteiger partial charge on any atom is -0.480 e. The number of aliphatic hydroxyl groups is 7. The van der Waals surface area contributed by atoms with Gasteiger partial charge in [-0.15, -0.1) is 0 Å². The molecule has 14 heteroatoms. The van der Waals surface area contributed by atoms with Crippen molar-refractivity contribution in [2.75, 3.05) is 19.8 Å². The molecule has 0 radical (unpaired) electrons. The molecule has 3 heterocycles. The highest BCUT2D eigenvalue weighted by Gasteiger charge is 2.51. The molecule has 1 unspecified atom stereocenters. The van der Waals surface area contributed by atoms with Crippen molar-refractivity contribution >= 4 is 5.97 Å². The van der Waals surface area contributed by atoms with Crippen LogP contribution in [0.5, 0.6) is 0 Å². The lowest BCUT2D eigenvalue weighted by Gasteiger charge is -2.46. The standard InChI is InChI=1S/C17H29NO13/c19-4-7-9(21)10(22)12(24)16(28-7)30-14-8(5-20)29-17(13(25)11(14)23)31-18-3-1-2-6(18)15(26)27/h6-14,16-17,19-25H,1-5H2,(H,26,27)/t6-,7+,8+,9-,10-,11+,12+,13+,14+,16-,17?/m0/s1. The van der Waals surface area contributed by atoms with E-state index < -0.39 is 86.6 Å². The molecule has 0 bridgehead atoms. The summed E-state index contributed by atoms with van der Waals surface area (Å²) in [7, 11) is 0. The zero-order valence-electron chi connectivity index (χ0n) is 16.5. The number of rotatable bonds is 7. The van der Waals surface area contributed by atoms with Gasteiger partial charge in [-0.2, -0.15) is 5.06 Å².